The Morgan fingerprint density at radius 3 is 2.70 bits per heavy atom. The van der Waals surface area contributed by atoms with E-state index in [0.29, 0.717) is 17.1 Å². The van der Waals surface area contributed by atoms with Crippen molar-refractivity contribution in [2.45, 2.75) is 19.8 Å². The van der Waals surface area contributed by atoms with Gasteiger partial charge in [0.15, 0.2) is 5.13 Å². The molecule has 1 aliphatic rings. The van der Waals surface area contributed by atoms with Gasteiger partial charge in [0.25, 0.3) is 5.91 Å². The van der Waals surface area contributed by atoms with Crippen LogP contribution in [-0.4, -0.2) is 55.2 Å². The first kappa shape index (κ1) is 21.2. The number of hydrogen-bond acceptors (Lipinski definition) is 5. The van der Waals surface area contributed by atoms with E-state index in [4.69, 9.17) is 21.3 Å². The van der Waals surface area contributed by atoms with Gasteiger partial charge < -0.3 is 4.74 Å². The van der Waals surface area contributed by atoms with Crippen molar-refractivity contribution in [1.82, 2.24) is 9.88 Å². The molecule has 5 nitrogen and oxygen atoms in total. The van der Waals surface area contributed by atoms with Gasteiger partial charge in [0.2, 0.25) is 0 Å². The molecular weight excluding hydrogens is 418 g/mol. The number of aryl methyl sites for hydroxylation is 1. The van der Waals surface area contributed by atoms with E-state index in [9.17, 15) is 4.79 Å². The van der Waals surface area contributed by atoms with Crippen molar-refractivity contribution < 1.29 is 9.53 Å². The van der Waals surface area contributed by atoms with E-state index in [1.165, 1.54) is 5.56 Å². The molecule has 2 heterocycles. The number of thiazole rings is 1. The van der Waals surface area contributed by atoms with E-state index in [1.54, 1.807) is 35.6 Å². The van der Waals surface area contributed by atoms with E-state index in [1.807, 2.05) is 11.0 Å². The van der Waals surface area contributed by atoms with Gasteiger partial charge in [0.1, 0.15) is 0 Å². The number of nitrogens with zero attached hydrogens (tertiary/aromatic N) is 3. The van der Waals surface area contributed by atoms with Gasteiger partial charge in [-0.25, -0.2) is 4.98 Å². The lowest BCUT2D eigenvalue weighted by Crippen LogP contribution is -2.39. The Balaban J connectivity index is 1.57. The van der Waals surface area contributed by atoms with E-state index in [2.05, 4.69) is 24.0 Å². The van der Waals surface area contributed by atoms with Crippen molar-refractivity contribution in [1.29, 1.82) is 0 Å². The average Bonchev–Trinajstić information content (AvgIpc) is 3.20. The third-order valence-corrected chi connectivity index (χ3v) is 6.67. The molecule has 2 aromatic carbocycles. The van der Waals surface area contributed by atoms with Crippen LogP contribution in [0.5, 0.6) is 0 Å². The molecular formula is C23H26ClN3O2S. The van der Waals surface area contributed by atoms with Gasteiger partial charge in [-0.05, 0) is 54.8 Å². The molecule has 30 heavy (non-hydrogen) atoms. The van der Waals surface area contributed by atoms with E-state index < -0.39 is 0 Å². The van der Waals surface area contributed by atoms with Gasteiger partial charge in [-0.2, -0.15) is 0 Å². The summed E-state index contributed by atoms with van der Waals surface area (Å²) in [6.07, 6.45) is 1.87. The molecule has 3 aromatic rings. The SMILES string of the molecule is CCc1ccc2nc(N(CCCN3CCOCC3)C(=O)c3ccc(Cl)cc3)sc2c1. The quantitative estimate of drug-likeness (QED) is 0.522. The predicted octanol–water partition coefficient (Wildman–Crippen LogP) is 4.88. The lowest BCUT2D eigenvalue weighted by atomic mass is 10.2. The first-order valence-electron chi connectivity index (χ1n) is 10.4. The summed E-state index contributed by atoms with van der Waals surface area (Å²) in [7, 11) is 0. The molecule has 158 valence electrons. The second kappa shape index (κ2) is 9.88. The van der Waals surface area contributed by atoms with E-state index >= 15 is 0 Å². The zero-order valence-electron chi connectivity index (χ0n) is 17.1. The number of carbonyl (C=O) groups excluding carboxylic acids is 1. The van der Waals surface area contributed by atoms with Crippen molar-refractivity contribution >= 4 is 44.2 Å². The predicted molar refractivity (Wildman–Crippen MR) is 124 cm³/mol. The van der Waals surface area contributed by atoms with Crippen LogP contribution in [0.25, 0.3) is 10.2 Å². The van der Waals surface area contributed by atoms with Gasteiger partial charge in [0, 0.05) is 36.8 Å². The molecule has 0 unspecified atom stereocenters. The fourth-order valence-electron chi connectivity index (χ4n) is 3.60. The fraction of sp³-hybridized carbons (Fsp3) is 0.391. The molecule has 0 radical (unpaired) electrons. The minimum atomic E-state index is -0.0385. The molecule has 0 spiro atoms. The maximum absolute atomic E-state index is 13.4. The Kier molecular flexibility index (Phi) is 7.00. The Labute approximate surface area is 186 Å². The van der Waals surface area contributed by atoms with Crippen LogP contribution in [0.3, 0.4) is 0 Å². The second-order valence-electron chi connectivity index (χ2n) is 7.42. The highest BCUT2D eigenvalue weighted by molar-refractivity contribution is 7.22. The number of hydrogen-bond donors (Lipinski definition) is 0. The van der Waals surface area contributed by atoms with Crippen molar-refractivity contribution in [3.8, 4) is 0 Å². The maximum atomic E-state index is 13.4. The van der Waals surface area contributed by atoms with Crippen LogP contribution in [0.1, 0.15) is 29.3 Å². The van der Waals surface area contributed by atoms with Crippen LogP contribution in [0.15, 0.2) is 42.5 Å². The number of amides is 1. The molecule has 1 fully saturated rings. The topological polar surface area (TPSA) is 45.7 Å². The van der Waals surface area contributed by atoms with Gasteiger partial charge in [-0.3, -0.25) is 14.6 Å². The summed E-state index contributed by atoms with van der Waals surface area (Å²) in [6, 6.07) is 13.4. The van der Waals surface area contributed by atoms with Gasteiger partial charge in [-0.15, -0.1) is 0 Å². The molecule has 7 heteroatoms. The average molecular weight is 444 g/mol. The molecule has 1 aromatic heterocycles. The van der Waals surface area contributed by atoms with Crippen molar-refractivity contribution in [3.05, 3.63) is 58.6 Å². The Morgan fingerprint density at radius 1 is 1.20 bits per heavy atom. The monoisotopic (exact) mass is 443 g/mol. The largest absolute Gasteiger partial charge is 0.379 e. The molecule has 1 saturated heterocycles. The number of aromatic nitrogens is 1. The summed E-state index contributed by atoms with van der Waals surface area (Å²) in [4.78, 5) is 22.3. The maximum Gasteiger partial charge on any atom is 0.260 e. The van der Waals surface area contributed by atoms with Crippen LogP contribution in [0.2, 0.25) is 5.02 Å². The number of halogens is 1. The summed E-state index contributed by atoms with van der Waals surface area (Å²) in [5, 5.41) is 1.37. The van der Waals surface area contributed by atoms with Crippen LogP contribution < -0.4 is 4.90 Å². The molecule has 1 aliphatic heterocycles. The van der Waals surface area contributed by atoms with Crippen LogP contribution in [0.4, 0.5) is 5.13 Å². The van der Waals surface area contributed by atoms with Gasteiger partial charge in [0.05, 0.1) is 23.4 Å². The standard InChI is InChI=1S/C23H26ClN3O2S/c1-2-17-4-9-20-21(16-17)30-23(25-20)27(11-3-10-26-12-14-29-15-13-26)22(28)18-5-7-19(24)8-6-18/h4-9,16H,2-3,10-15H2,1H3. The molecule has 4 rings (SSSR count). The number of morpholine rings is 1. The molecule has 0 bridgehead atoms. The zero-order chi connectivity index (χ0) is 20.9. The summed E-state index contributed by atoms with van der Waals surface area (Å²) >= 11 is 7.60. The zero-order valence-corrected chi connectivity index (χ0v) is 18.7. The minimum Gasteiger partial charge on any atom is -0.379 e. The molecule has 1 amide bonds. The first-order valence-corrected chi connectivity index (χ1v) is 11.6. The van der Waals surface area contributed by atoms with Crippen molar-refractivity contribution in [3.63, 3.8) is 0 Å². The highest BCUT2D eigenvalue weighted by atomic mass is 35.5. The van der Waals surface area contributed by atoms with Crippen LogP contribution in [0, 0.1) is 0 Å². The normalized spacial score (nSPS) is 14.9. The smallest absolute Gasteiger partial charge is 0.260 e. The first-order chi connectivity index (χ1) is 14.6. The number of rotatable bonds is 7. The van der Waals surface area contributed by atoms with Crippen LogP contribution in [-0.2, 0) is 11.2 Å². The van der Waals surface area contributed by atoms with Gasteiger partial charge >= 0.3 is 0 Å². The summed E-state index contributed by atoms with van der Waals surface area (Å²) in [5.41, 5.74) is 2.84. The highest BCUT2D eigenvalue weighted by Crippen LogP contribution is 2.31. The summed E-state index contributed by atoms with van der Waals surface area (Å²) in [5.74, 6) is -0.0385. The van der Waals surface area contributed by atoms with E-state index in [0.717, 1.165) is 61.0 Å². The third kappa shape index (κ3) is 5.01. The van der Waals surface area contributed by atoms with Gasteiger partial charge in [-0.1, -0.05) is 35.9 Å². The number of anilines is 1. The number of benzene rings is 2. The van der Waals surface area contributed by atoms with Crippen LogP contribution >= 0.6 is 22.9 Å². The van der Waals surface area contributed by atoms with Crippen molar-refractivity contribution in [2.75, 3.05) is 44.3 Å². The molecule has 0 aliphatic carbocycles. The lowest BCUT2D eigenvalue weighted by Gasteiger charge is -2.27. The molecule has 0 atom stereocenters. The highest BCUT2D eigenvalue weighted by Gasteiger charge is 2.22. The van der Waals surface area contributed by atoms with Crippen molar-refractivity contribution in [2.24, 2.45) is 0 Å². The third-order valence-electron chi connectivity index (χ3n) is 5.38. The lowest BCUT2D eigenvalue weighted by molar-refractivity contribution is 0.0376. The number of carbonyl (C=O) groups is 1. The van der Waals surface area contributed by atoms with E-state index in [-0.39, 0.29) is 5.91 Å². The minimum absolute atomic E-state index is 0.0385. The fourth-order valence-corrected chi connectivity index (χ4v) is 4.78. The Hall–Kier alpha value is -1.99. The Morgan fingerprint density at radius 2 is 1.97 bits per heavy atom. The second-order valence-corrected chi connectivity index (χ2v) is 8.87. The summed E-state index contributed by atoms with van der Waals surface area (Å²) in [6.45, 7) is 7.18. The Bertz CT molecular complexity index is 999. The number of ether oxygens (including phenoxy) is 1. The molecule has 0 N–H and O–H groups in total. The summed E-state index contributed by atoms with van der Waals surface area (Å²) < 4.78 is 6.55. The number of fused-ring (bicyclic) bond motifs is 1. The molecule has 0 saturated carbocycles.